The maximum absolute atomic E-state index is 12.3. The first-order valence-corrected chi connectivity index (χ1v) is 8.16. The summed E-state index contributed by atoms with van der Waals surface area (Å²) < 4.78 is 11.2. The Balaban J connectivity index is 1.54. The van der Waals surface area contributed by atoms with Crippen molar-refractivity contribution >= 4 is 28.5 Å². The highest BCUT2D eigenvalue weighted by Gasteiger charge is 2.11. The number of carbonyl (C=O) groups is 1. The van der Waals surface area contributed by atoms with Crippen molar-refractivity contribution in [1.29, 1.82) is 0 Å². The monoisotopic (exact) mass is 359 g/mol. The molecule has 0 saturated carbocycles. The van der Waals surface area contributed by atoms with Crippen molar-refractivity contribution in [2.75, 3.05) is 0 Å². The van der Waals surface area contributed by atoms with Crippen LogP contribution >= 0.6 is 0 Å². The largest absolute Gasteiger partial charge is 0.457 e. The highest BCUT2D eigenvalue weighted by atomic mass is 16.6. The summed E-state index contributed by atoms with van der Waals surface area (Å²) in [5.74, 6) is 0.910. The number of hydrogen-bond acceptors (Lipinski definition) is 5. The van der Waals surface area contributed by atoms with Crippen LogP contribution in [0.1, 0.15) is 16.3 Å². The first kappa shape index (κ1) is 16.5. The molecule has 0 spiro atoms. The Bertz CT molecular complexity index is 1150. The van der Waals surface area contributed by atoms with Crippen LogP contribution < -0.4 is 0 Å². The van der Waals surface area contributed by atoms with E-state index in [1.165, 1.54) is 24.3 Å². The van der Waals surface area contributed by atoms with Gasteiger partial charge in [-0.1, -0.05) is 30.3 Å². The highest BCUT2D eigenvalue weighted by Crippen LogP contribution is 2.26. The van der Waals surface area contributed by atoms with E-state index in [-0.39, 0.29) is 17.2 Å². The number of furan rings is 2. The van der Waals surface area contributed by atoms with Gasteiger partial charge >= 0.3 is 0 Å². The maximum atomic E-state index is 12.3. The average Bonchev–Trinajstić information content (AvgIpc) is 3.33. The Morgan fingerprint density at radius 3 is 2.63 bits per heavy atom. The lowest BCUT2D eigenvalue weighted by Crippen LogP contribution is -1.89. The second-order valence-electron chi connectivity index (χ2n) is 5.86. The number of rotatable bonds is 5. The minimum Gasteiger partial charge on any atom is -0.457 e. The molecule has 0 bridgehead atoms. The molecule has 0 fully saturated rings. The Labute approximate surface area is 153 Å². The van der Waals surface area contributed by atoms with Gasteiger partial charge in [0.2, 0.25) is 5.78 Å². The van der Waals surface area contributed by atoms with Gasteiger partial charge in [0.25, 0.3) is 5.69 Å². The quantitative estimate of drug-likeness (QED) is 0.203. The molecule has 4 aromatic rings. The second kappa shape index (κ2) is 6.76. The molecule has 2 heterocycles. The zero-order valence-electron chi connectivity index (χ0n) is 14.0. The van der Waals surface area contributed by atoms with Crippen molar-refractivity contribution < 1.29 is 18.6 Å². The molecule has 2 aromatic heterocycles. The summed E-state index contributed by atoms with van der Waals surface area (Å²) in [7, 11) is 0. The molecule has 6 nitrogen and oxygen atoms in total. The Kier molecular flexibility index (Phi) is 4.14. The minimum atomic E-state index is -0.459. The Hall–Kier alpha value is -3.93. The van der Waals surface area contributed by atoms with E-state index < -0.39 is 4.92 Å². The molecule has 0 aliphatic carbocycles. The predicted octanol–water partition coefficient (Wildman–Crippen LogP) is 5.50. The van der Waals surface area contributed by atoms with Crippen LogP contribution in [0, 0.1) is 10.1 Å². The van der Waals surface area contributed by atoms with Gasteiger partial charge in [-0.3, -0.25) is 14.9 Å². The van der Waals surface area contributed by atoms with Gasteiger partial charge in [-0.25, -0.2) is 0 Å². The summed E-state index contributed by atoms with van der Waals surface area (Å²) in [6.45, 7) is 0. The predicted molar refractivity (Wildman–Crippen MR) is 100 cm³/mol. The van der Waals surface area contributed by atoms with Crippen LogP contribution in [0.4, 0.5) is 5.69 Å². The zero-order valence-corrected chi connectivity index (χ0v) is 14.0. The number of para-hydroxylation sites is 1. The van der Waals surface area contributed by atoms with Crippen molar-refractivity contribution in [2.45, 2.75) is 0 Å². The van der Waals surface area contributed by atoms with Gasteiger partial charge in [0.15, 0.2) is 5.76 Å². The fraction of sp³-hybridized carbons (Fsp3) is 0. The van der Waals surface area contributed by atoms with E-state index in [0.29, 0.717) is 22.7 Å². The van der Waals surface area contributed by atoms with Crippen LogP contribution in [0.5, 0.6) is 0 Å². The van der Waals surface area contributed by atoms with Gasteiger partial charge in [0.05, 0.1) is 4.92 Å². The zero-order chi connectivity index (χ0) is 18.8. The standard InChI is InChI=1S/C21H13NO5/c23-18(21-13-15-4-1-2-7-19(15)27-21)10-8-17-9-11-20(26-17)14-5-3-6-16(12-14)22(24)25/h1-13H. The average molecular weight is 359 g/mol. The Morgan fingerprint density at radius 2 is 1.81 bits per heavy atom. The fourth-order valence-electron chi connectivity index (χ4n) is 2.71. The molecule has 0 atom stereocenters. The molecule has 132 valence electrons. The summed E-state index contributed by atoms with van der Waals surface area (Å²) in [4.78, 5) is 22.7. The van der Waals surface area contributed by atoms with Gasteiger partial charge < -0.3 is 8.83 Å². The number of fused-ring (bicyclic) bond motifs is 1. The van der Waals surface area contributed by atoms with E-state index in [2.05, 4.69) is 0 Å². The molecule has 0 amide bonds. The molecule has 0 aliphatic heterocycles. The van der Waals surface area contributed by atoms with E-state index in [9.17, 15) is 14.9 Å². The SMILES string of the molecule is O=C(C=Cc1ccc(-c2cccc([N+](=O)[O-])c2)o1)c1cc2ccccc2o1. The van der Waals surface area contributed by atoms with Crippen molar-refractivity contribution in [3.8, 4) is 11.3 Å². The molecule has 0 N–H and O–H groups in total. The van der Waals surface area contributed by atoms with Gasteiger partial charge in [-0.15, -0.1) is 0 Å². The van der Waals surface area contributed by atoms with Crippen LogP contribution in [-0.4, -0.2) is 10.7 Å². The van der Waals surface area contributed by atoms with E-state index in [1.54, 1.807) is 36.4 Å². The molecule has 0 unspecified atom stereocenters. The number of hydrogen-bond donors (Lipinski definition) is 0. The highest BCUT2D eigenvalue weighted by molar-refractivity contribution is 6.06. The molecule has 0 saturated heterocycles. The number of benzene rings is 2. The summed E-state index contributed by atoms with van der Waals surface area (Å²) in [6.07, 6.45) is 2.91. The van der Waals surface area contributed by atoms with Crippen molar-refractivity contribution in [3.05, 3.63) is 94.4 Å². The smallest absolute Gasteiger partial charge is 0.270 e. The van der Waals surface area contributed by atoms with Gasteiger partial charge in [-0.2, -0.15) is 0 Å². The lowest BCUT2D eigenvalue weighted by atomic mass is 10.1. The molecule has 4 rings (SSSR count). The van der Waals surface area contributed by atoms with Crippen LogP contribution in [0.3, 0.4) is 0 Å². The number of nitro groups is 1. The molecule has 2 aromatic carbocycles. The van der Waals surface area contributed by atoms with Crippen LogP contribution in [0.2, 0.25) is 0 Å². The van der Waals surface area contributed by atoms with Crippen LogP contribution in [0.25, 0.3) is 28.4 Å². The summed E-state index contributed by atoms with van der Waals surface area (Å²) in [6, 6.07) is 18.6. The summed E-state index contributed by atoms with van der Waals surface area (Å²) in [5.41, 5.74) is 1.23. The third kappa shape index (κ3) is 3.41. The summed E-state index contributed by atoms with van der Waals surface area (Å²) >= 11 is 0. The van der Waals surface area contributed by atoms with Crippen LogP contribution in [0.15, 0.2) is 81.6 Å². The number of nitro benzene ring substituents is 1. The van der Waals surface area contributed by atoms with E-state index in [0.717, 1.165) is 5.39 Å². The Morgan fingerprint density at radius 1 is 0.963 bits per heavy atom. The molecule has 0 radical (unpaired) electrons. The number of ketones is 1. The lowest BCUT2D eigenvalue weighted by molar-refractivity contribution is -0.384. The molecule has 27 heavy (non-hydrogen) atoms. The number of allylic oxidation sites excluding steroid dienone is 1. The summed E-state index contributed by atoms with van der Waals surface area (Å²) in [5, 5.41) is 11.7. The van der Waals surface area contributed by atoms with Crippen molar-refractivity contribution in [2.24, 2.45) is 0 Å². The van der Waals surface area contributed by atoms with Gasteiger partial charge in [-0.05, 0) is 36.4 Å². The molecular weight excluding hydrogens is 346 g/mol. The number of nitrogens with zero attached hydrogens (tertiary/aromatic N) is 1. The number of non-ortho nitro benzene ring substituents is 1. The first-order chi connectivity index (χ1) is 13.1. The maximum Gasteiger partial charge on any atom is 0.270 e. The lowest BCUT2D eigenvalue weighted by Gasteiger charge is -1.96. The van der Waals surface area contributed by atoms with Gasteiger partial charge in [0.1, 0.15) is 17.1 Å². The second-order valence-corrected chi connectivity index (χ2v) is 5.86. The molecule has 0 aliphatic rings. The topological polar surface area (TPSA) is 86.5 Å². The fourth-order valence-corrected chi connectivity index (χ4v) is 2.71. The molecule has 6 heteroatoms. The minimum absolute atomic E-state index is 0.0129. The van der Waals surface area contributed by atoms with E-state index in [1.807, 2.05) is 18.2 Å². The third-order valence-corrected chi connectivity index (χ3v) is 4.04. The van der Waals surface area contributed by atoms with Crippen molar-refractivity contribution in [3.63, 3.8) is 0 Å². The normalized spacial score (nSPS) is 11.3. The van der Waals surface area contributed by atoms with E-state index >= 15 is 0 Å². The molecular formula is C21H13NO5. The van der Waals surface area contributed by atoms with E-state index in [4.69, 9.17) is 8.83 Å². The first-order valence-electron chi connectivity index (χ1n) is 8.16. The van der Waals surface area contributed by atoms with Crippen LogP contribution in [-0.2, 0) is 0 Å². The number of carbonyl (C=O) groups excluding carboxylic acids is 1. The van der Waals surface area contributed by atoms with Crippen molar-refractivity contribution in [1.82, 2.24) is 0 Å². The van der Waals surface area contributed by atoms with Gasteiger partial charge in [0, 0.05) is 23.1 Å². The third-order valence-electron chi connectivity index (χ3n) is 4.04.